The Balaban J connectivity index is 1.63. The zero-order chi connectivity index (χ0) is 12.6. The molecule has 0 amide bonds. The second kappa shape index (κ2) is 7.13. The fraction of sp³-hybridized carbons (Fsp3) is 0.214. The third-order valence-electron chi connectivity index (χ3n) is 2.41. The van der Waals surface area contributed by atoms with Gasteiger partial charge in [0.05, 0.1) is 0 Å². The van der Waals surface area contributed by atoms with Crippen molar-refractivity contribution in [1.82, 2.24) is 10.3 Å². The van der Waals surface area contributed by atoms with Crippen LogP contribution in [0.3, 0.4) is 0 Å². The molecular formula is C14H15BrN2O. The topological polar surface area (TPSA) is 34.1 Å². The fourth-order valence-electron chi connectivity index (χ4n) is 1.51. The normalized spacial score (nSPS) is 10.3. The van der Waals surface area contributed by atoms with Crippen molar-refractivity contribution in [2.45, 2.75) is 6.54 Å². The first-order chi connectivity index (χ1) is 8.84. The summed E-state index contributed by atoms with van der Waals surface area (Å²) in [6.07, 6.45) is 3.64. The number of rotatable bonds is 6. The van der Waals surface area contributed by atoms with Gasteiger partial charge >= 0.3 is 0 Å². The smallest absolute Gasteiger partial charge is 0.119 e. The van der Waals surface area contributed by atoms with Crippen LogP contribution in [-0.2, 0) is 6.54 Å². The van der Waals surface area contributed by atoms with Crippen molar-refractivity contribution in [2.24, 2.45) is 0 Å². The fourth-order valence-corrected chi connectivity index (χ4v) is 1.77. The second-order valence-corrected chi connectivity index (χ2v) is 4.76. The van der Waals surface area contributed by atoms with Crippen molar-refractivity contribution in [3.8, 4) is 5.75 Å². The van der Waals surface area contributed by atoms with Crippen LogP contribution in [0.15, 0.2) is 53.3 Å². The van der Waals surface area contributed by atoms with Crippen molar-refractivity contribution in [3.63, 3.8) is 0 Å². The third-order valence-corrected chi connectivity index (χ3v) is 2.94. The summed E-state index contributed by atoms with van der Waals surface area (Å²) >= 11 is 3.39. The van der Waals surface area contributed by atoms with Crippen LogP contribution in [0.1, 0.15) is 5.56 Å². The molecule has 3 nitrogen and oxygen atoms in total. The molecule has 94 valence electrons. The van der Waals surface area contributed by atoms with Crippen LogP contribution in [0.4, 0.5) is 0 Å². The molecule has 0 aliphatic heterocycles. The van der Waals surface area contributed by atoms with Gasteiger partial charge in [0.2, 0.25) is 0 Å². The van der Waals surface area contributed by atoms with Crippen molar-refractivity contribution < 1.29 is 4.74 Å². The second-order valence-electron chi connectivity index (χ2n) is 3.84. The zero-order valence-corrected chi connectivity index (χ0v) is 11.6. The van der Waals surface area contributed by atoms with E-state index in [-0.39, 0.29) is 0 Å². The lowest BCUT2D eigenvalue weighted by Crippen LogP contribution is -2.20. The molecule has 0 bridgehead atoms. The van der Waals surface area contributed by atoms with E-state index in [1.54, 1.807) is 6.20 Å². The van der Waals surface area contributed by atoms with Crippen molar-refractivity contribution >= 4 is 15.9 Å². The van der Waals surface area contributed by atoms with Crippen LogP contribution < -0.4 is 10.1 Å². The molecule has 1 aromatic heterocycles. The number of nitrogens with one attached hydrogen (secondary N) is 1. The molecule has 0 saturated heterocycles. The van der Waals surface area contributed by atoms with Crippen molar-refractivity contribution in [1.29, 1.82) is 0 Å². The molecule has 2 rings (SSSR count). The summed E-state index contributed by atoms with van der Waals surface area (Å²) in [4.78, 5) is 4.06. The zero-order valence-electron chi connectivity index (χ0n) is 9.97. The third kappa shape index (κ3) is 4.47. The minimum absolute atomic E-state index is 0.655. The Morgan fingerprint density at radius 2 is 2.00 bits per heavy atom. The van der Waals surface area contributed by atoms with Gasteiger partial charge in [0.15, 0.2) is 0 Å². The number of pyridine rings is 1. The highest BCUT2D eigenvalue weighted by atomic mass is 79.9. The van der Waals surface area contributed by atoms with E-state index in [4.69, 9.17) is 4.74 Å². The van der Waals surface area contributed by atoms with Gasteiger partial charge in [-0.15, -0.1) is 0 Å². The Kier molecular flexibility index (Phi) is 5.17. The van der Waals surface area contributed by atoms with Gasteiger partial charge in [-0.2, -0.15) is 0 Å². The average Bonchev–Trinajstić information content (AvgIpc) is 2.42. The summed E-state index contributed by atoms with van der Waals surface area (Å²) in [6.45, 7) is 2.28. The molecule has 1 heterocycles. The summed E-state index contributed by atoms with van der Waals surface area (Å²) < 4.78 is 6.66. The van der Waals surface area contributed by atoms with E-state index in [0.29, 0.717) is 6.61 Å². The number of halogens is 1. The summed E-state index contributed by atoms with van der Waals surface area (Å²) in [5.74, 6) is 0.890. The van der Waals surface area contributed by atoms with Gasteiger partial charge in [0, 0.05) is 30.0 Å². The summed E-state index contributed by atoms with van der Waals surface area (Å²) in [5.41, 5.74) is 1.18. The Morgan fingerprint density at radius 3 is 2.72 bits per heavy atom. The van der Waals surface area contributed by atoms with E-state index in [1.807, 2.05) is 36.5 Å². The van der Waals surface area contributed by atoms with Gasteiger partial charge in [0.25, 0.3) is 0 Å². The summed E-state index contributed by atoms with van der Waals surface area (Å²) in [7, 11) is 0. The molecule has 0 saturated carbocycles. The number of hydrogen-bond donors (Lipinski definition) is 1. The number of nitrogens with zero attached hydrogens (tertiary/aromatic N) is 1. The summed E-state index contributed by atoms with van der Waals surface area (Å²) in [6, 6.07) is 11.8. The van der Waals surface area contributed by atoms with E-state index in [0.717, 1.165) is 23.3 Å². The van der Waals surface area contributed by atoms with Crippen LogP contribution in [-0.4, -0.2) is 18.1 Å². The van der Waals surface area contributed by atoms with Gasteiger partial charge in [0.1, 0.15) is 12.4 Å². The molecule has 0 spiro atoms. The molecule has 0 aliphatic carbocycles. The monoisotopic (exact) mass is 306 g/mol. The number of benzene rings is 1. The van der Waals surface area contributed by atoms with Gasteiger partial charge in [-0.25, -0.2) is 0 Å². The van der Waals surface area contributed by atoms with Crippen LogP contribution in [0.25, 0.3) is 0 Å². The predicted octanol–water partition coefficient (Wildman–Crippen LogP) is 3.01. The van der Waals surface area contributed by atoms with E-state index >= 15 is 0 Å². The quantitative estimate of drug-likeness (QED) is 0.833. The van der Waals surface area contributed by atoms with Crippen molar-refractivity contribution in [3.05, 3.63) is 58.8 Å². The molecule has 0 fully saturated rings. The largest absolute Gasteiger partial charge is 0.492 e. The molecule has 0 radical (unpaired) electrons. The number of ether oxygens (including phenoxy) is 1. The highest BCUT2D eigenvalue weighted by Gasteiger charge is 1.94. The lowest BCUT2D eigenvalue weighted by molar-refractivity contribution is 0.313. The number of hydrogen-bond acceptors (Lipinski definition) is 3. The number of aromatic nitrogens is 1. The van der Waals surface area contributed by atoms with Crippen molar-refractivity contribution in [2.75, 3.05) is 13.2 Å². The maximum Gasteiger partial charge on any atom is 0.119 e. The van der Waals surface area contributed by atoms with Crippen LogP contribution >= 0.6 is 15.9 Å². The Labute approximate surface area is 115 Å². The first-order valence-electron chi connectivity index (χ1n) is 5.82. The first-order valence-corrected chi connectivity index (χ1v) is 6.62. The van der Waals surface area contributed by atoms with Crippen LogP contribution in [0.2, 0.25) is 0 Å². The maximum absolute atomic E-state index is 5.60. The standard InChI is InChI=1S/C14H15BrN2O/c15-13-3-5-14(6-4-13)18-9-8-17-11-12-2-1-7-16-10-12/h1-7,10,17H,8-9,11H2. The van der Waals surface area contributed by atoms with E-state index in [1.165, 1.54) is 5.56 Å². The highest BCUT2D eigenvalue weighted by Crippen LogP contribution is 2.15. The maximum atomic E-state index is 5.60. The molecule has 0 aliphatic rings. The molecule has 0 unspecified atom stereocenters. The van der Waals surface area contributed by atoms with Gasteiger partial charge < -0.3 is 10.1 Å². The highest BCUT2D eigenvalue weighted by molar-refractivity contribution is 9.10. The Bertz CT molecular complexity index is 459. The predicted molar refractivity (Wildman–Crippen MR) is 75.6 cm³/mol. The van der Waals surface area contributed by atoms with Crippen LogP contribution in [0.5, 0.6) is 5.75 Å². The van der Waals surface area contributed by atoms with E-state index in [2.05, 4.69) is 32.3 Å². The van der Waals surface area contributed by atoms with E-state index in [9.17, 15) is 0 Å². The lowest BCUT2D eigenvalue weighted by atomic mass is 10.3. The average molecular weight is 307 g/mol. The van der Waals surface area contributed by atoms with Crippen LogP contribution in [0, 0.1) is 0 Å². The van der Waals surface area contributed by atoms with Gasteiger partial charge in [-0.05, 0) is 35.9 Å². The van der Waals surface area contributed by atoms with E-state index < -0.39 is 0 Å². The minimum Gasteiger partial charge on any atom is -0.492 e. The molecule has 1 aromatic carbocycles. The van der Waals surface area contributed by atoms with Gasteiger partial charge in [-0.1, -0.05) is 22.0 Å². The molecule has 18 heavy (non-hydrogen) atoms. The van der Waals surface area contributed by atoms with Gasteiger partial charge in [-0.3, -0.25) is 4.98 Å². The SMILES string of the molecule is Brc1ccc(OCCNCc2cccnc2)cc1. The first kappa shape index (κ1) is 13.1. The molecule has 2 aromatic rings. The Morgan fingerprint density at radius 1 is 1.17 bits per heavy atom. The molecule has 4 heteroatoms. The molecular weight excluding hydrogens is 292 g/mol. The minimum atomic E-state index is 0.655. The summed E-state index contributed by atoms with van der Waals surface area (Å²) in [5, 5.41) is 3.31. The lowest BCUT2D eigenvalue weighted by Gasteiger charge is -2.07. The molecule has 0 atom stereocenters. The Hall–Kier alpha value is -1.39. The molecule has 1 N–H and O–H groups in total.